The maximum atomic E-state index is 5.69. The average Bonchev–Trinajstić information content (AvgIpc) is 2.99. The van der Waals surface area contributed by atoms with Gasteiger partial charge in [-0.15, -0.1) is 0 Å². The summed E-state index contributed by atoms with van der Waals surface area (Å²) in [7, 11) is 0. The lowest BCUT2D eigenvalue weighted by atomic mass is 9.99. The molecule has 1 aromatic carbocycles. The zero-order valence-corrected chi connectivity index (χ0v) is 11.9. The van der Waals surface area contributed by atoms with Crippen LogP contribution in [0.3, 0.4) is 0 Å². The van der Waals surface area contributed by atoms with Gasteiger partial charge in [0, 0.05) is 18.0 Å². The quantitative estimate of drug-likeness (QED) is 0.899. The molecular formula is C16H21N3O. The highest BCUT2D eigenvalue weighted by Gasteiger charge is 2.18. The van der Waals surface area contributed by atoms with E-state index in [0.29, 0.717) is 12.5 Å². The number of aromatic amines is 1. The van der Waals surface area contributed by atoms with Gasteiger partial charge in [0.2, 0.25) is 0 Å². The van der Waals surface area contributed by atoms with Gasteiger partial charge in [0.15, 0.2) is 0 Å². The summed E-state index contributed by atoms with van der Waals surface area (Å²) in [6.07, 6.45) is 4.34. The highest BCUT2D eigenvalue weighted by molar-refractivity contribution is 5.66. The van der Waals surface area contributed by atoms with Crippen LogP contribution in [0.15, 0.2) is 30.5 Å². The normalized spacial score (nSPS) is 18.9. The van der Waals surface area contributed by atoms with Crippen molar-refractivity contribution in [3.05, 3.63) is 36.3 Å². The van der Waals surface area contributed by atoms with Gasteiger partial charge in [-0.25, -0.2) is 4.98 Å². The second kappa shape index (κ2) is 6.09. The van der Waals surface area contributed by atoms with Gasteiger partial charge in [-0.3, -0.25) is 0 Å². The number of aromatic nitrogens is 2. The monoisotopic (exact) mass is 271 g/mol. The summed E-state index contributed by atoms with van der Waals surface area (Å²) < 4.78 is 5.69. The molecule has 20 heavy (non-hydrogen) atoms. The lowest BCUT2D eigenvalue weighted by Crippen LogP contribution is -2.28. The van der Waals surface area contributed by atoms with Gasteiger partial charge < -0.3 is 15.0 Å². The number of hydrogen-bond donors (Lipinski definition) is 2. The van der Waals surface area contributed by atoms with Crippen LogP contribution in [0.25, 0.3) is 11.3 Å². The topological polar surface area (TPSA) is 49.9 Å². The van der Waals surface area contributed by atoms with Crippen molar-refractivity contribution in [3.63, 3.8) is 0 Å². The number of imidazole rings is 1. The third kappa shape index (κ3) is 2.70. The molecule has 0 amide bonds. The van der Waals surface area contributed by atoms with E-state index in [1.807, 2.05) is 31.3 Å². The molecule has 2 N–H and O–H groups in total. The van der Waals surface area contributed by atoms with E-state index in [1.54, 1.807) is 0 Å². The lowest BCUT2D eigenvalue weighted by Gasteiger charge is -2.20. The van der Waals surface area contributed by atoms with E-state index in [-0.39, 0.29) is 0 Å². The van der Waals surface area contributed by atoms with Crippen molar-refractivity contribution < 1.29 is 4.74 Å². The molecule has 0 spiro atoms. The van der Waals surface area contributed by atoms with Crippen LogP contribution in [0.1, 0.15) is 31.5 Å². The van der Waals surface area contributed by atoms with Gasteiger partial charge >= 0.3 is 0 Å². The van der Waals surface area contributed by atoms with Crippen LogP contribution < -0.4 is 10.1 Å². The summed E-state index contributed by atoms with van der Waals surface area (Å²) in [5.74, 6) is 2.49. The maximum Gasteiger partial charge on any atom is 0.128 e. The number of para-hydroxylation sites is 1. The zero-order chi connectivity index (χ0) is 13.8. The number of nitrogens with one attached hydrogen (secondary N) is 2. The SMILES string of the molecule is CCOc1ccccc1-c1cnc(C2CCCNC2)[nH]1. The average molecular weight is 271 g/mol. The Bertz CT molecular complexity index is 558. The molecule has 3 rings (SSSR count). The number of benzene rings is 1. The van der Waals surface area contributed by atoms with Crippen LogP contribution in [0, 0.1) is 0 Å². The Hall–Kier alpha value is -1.81. The van der Waals surface area contributed by atoms with Gasteiger partial charge in [-0.1, -0.05) is 12.1 Å². The van der Waals surface area contributed by atoms with Crippen LogP contribution >= 0.6 is 0 Å². The molecule has 4 heteroatoms. The first-order chi connectivity index (χ1) is 9.88. The highest BCUT2D eigenvalue weighted by atomic mass is 16.5. The highest BCUT2D eigenvalue weighted by Crippen LogP contribution is 2.30. The minimum atomic E-state index is 0.497. The fourth-order valence-corrected chi connectivity index (χ4v) is 2.74. The number of nitrogens with zero attached hydrogens (tertiary/aromatic N) is 1. The molecule has 1 fully saturated rings. The maximum absolute atomic E-state index is 5.69. The molecule has 1 saturated heterocycles. The molecule has 1 unspecified atom stereocenters. The molecule has 1 aromatic heterocycles. The zero-order valence-electron chi connectivity index (χ0n) is 11.9. The Labute approximate surface area is 119 Å². The second-order valence-electron chi connectivity index (χ2n) is 5.15. The number of ether oxygens (including phenoxy) is 1. The van der Waals surface area contributed by atoms with E-state index >= 15 is 0 Å². The smallest absolute Gasteiger partial charge is 0.128 e. The summed E-state index contributed by atoms with van der Waals surface area (Å²) in [5.41, 5.74) is 2.12. The van der Waals surface area contributed by atoms with E-state index in [0.717, 1.165) is 35.9 Å². The minimum absolute atomic E-state index is 0.497. The summed E-state index contributed by atoms with van der Waals surface area (Å²) in [5, 5.41) is 3.43. The Kier molecular flexibility index (Phi) is 4.02. The fourth-order valence-electron chi connectivity index (χ4n) is 2.74. The third-order valence-electron chi connectivity index (χ3n) is 3.76. The molecule has 0 radical (unpaired) electrons. The predicted molar refractivity (Wildman–Crippen MR) is 80.0 cm³/mol. The van der Waals surface area contributed by atoms with Crippen molar-refractivity contribution in [2.24, 2.45) is 0 Å². The standard InChI is InChI=1S/C16H21N3O/c1-2-20-15-8-4-3-7-13(15)14-11-18-16(19-14)12-6-5-9-17-10-12/h3-4,7-8,11-12,17H,2,5-6,9-10H2,1H3,(H,18,19). The fraction of sp³-hybridized carbons (Fsp3) is 0.438. The van der Waals surface area contributed by atoms with Crippen LogP contribution in [0.5, 0.6) is 5.75 Å². The summed E-state index contributed by atoms with van der Waals surface area (Å²) in [6, 6.07) is 8.10. The van der Waals surface area contributed by atoms with E-state index in [9.17, 15) is 0 Å². The number of H-pyrrole nitrogens is 1. The summed E-state index contributed by atoms with van der Waals surface area (Å²) in [6.45, 7) is 4.81. The van der Waals surface area contributed by atoms with Crippen LogP contribution in [-0.2, 0) is 0 Å². The summed E-state index contributed by atoms with van der Waals surface area (Å²) in [4.78, 5) is 8.03. The van der Waals surface area contributed by atoms with Gasteiger partial charge in [0.25, 0.3) is 0 Å². The van der Waals surface area contributed by atoms with Crippen molar-refractivity contribution in [2.75, 3.05) is 19.7 Å². The molecular weight excluding hydrogens is 250 g/mol. The molecule has 1 aliphatic rings. The Morgan fingerprint density at radius 3 is 3.05 bits per heavy atom. The van der Waals surface area contributed by atoms with Gasteiger partial charge in [-0.2, -0.15) is 0 Å². The number of piperidine rings is 1. The Morgan fingerprint density at radius 2 is 2.25 bits per heavy atom. The lowest BCUT2D eigenvalue weighted by molar-refractivity contribution is 0.341. The van der Waals surface area contributed by atoms with Crippen LogP contribution in [0.2, 0.25) is 0 Å². The first-order valence-electron chi connectivity index (χ1n) is 7.36. The molecule has 1 atom stereocenters. The van der Waals surface area contributed by atoms with Crippen molar-refractivity contribution in [2.45, 2.75) is 25.7 Å². The molecule has 4 nitrogen and oxygen atoms in total. The number of rotatable bonds is 4. The largest absolute Gasteiger partial charge is 0.493 e. The van der Waals surface area contributed by atoms with E-state index in [4.69, 9.17) is 4.74 Å². The molecule has 106 valence electrons. The predicted octanol–water partition coefficient (Wildman–Crippen LogP) is 2.94. The molecule has 2 heterocycles. The molecule has 1 aliphatic heterocycles. The number of hydrogen-bond acceptors (Lipinski definition) is 3. The van der Waals surface area contributed by atoms with E-state index < -0.39 is 0 Å². The van der Waals surface area contributed by atoms with Crippen molar-refractivity contribution >= 4 is 0 Å². The molecule has 0 aliphatic carbocycles. The molecule has 0 bridgehead atoms. The second-order valence-corrected chi connectivity index (χ2v) is 5.15. The van der Waals surface area contributed by atoms with Gasteiger partial charge in [0.1, 0.15) is 11.6 Å². The van der Waals surface area contributed by atoms with E-state index in [2.05, 4.69) is 21.4 Å². The summed E-state index contributed by atoms with van der Waals surface area (Å²) >= 11 is 0. The Morgan fingerprint density at radius 1 is 1.35 bits per heavy atom. The molecule has 0 saturated carbocycles. The van der Waals surface area contributed by atoms with Crippen LogP contribution in [-0.4, -0.2) is 29.7 Å². The van der Waals surface area contributed by atoms with Crippen molar-refractivity contribution in [1.82, 2.24) is 15.3 Å². The van der Waals surface area contributed by atoms with Gasteiger partial charge in [0.05, 0.1) is 18.5 Å². The van der Waals surface area contributed by atoms with Gasteiger partial charge in [-0.05, 0) is 38.4 Å². The van der Waals surface area contributed by atoms with Crippen molar-refractivity contribution in [3.8, 4) is 17.0 Å². The van der Waals surface area contributed by atoms with Crippen LogP contribution in [0.4, 0.5) is 0 Å². The first kappa shape index (κ1) is 13.2. The first-order valence-corrected chi connectivity index (χ1v) is 7.36. The third-order valence-corrected chi connectivity index (χ3v) is 3.76. The van der Waals surface area contributed by atoms with Crippen molar-refractivity contribution in [1.29, 1.82) is 0 Å². The van der Waals surface area contributed by atoms with E-state index in [1.165, 1.54) is 12.8 Å². The Balaban J connectivity index is 1.86. The molecule has 2 aromatic rings. The minimum Gasteiger partial charge on any atom is -0.493 e.